The molecule has 0 saturated heterocycles. The van der Waals surface area contributed by atoms with Gasteiger partial charge in [0.1, 0.15) is 0 Å². The summed E-state index contributed by atoms with van der Waals surface area (Å²) in [5, 5.41) is 0. The van der Waals surface area contributed by atoms with Crippen LogP contribution in [0.4, 0.5) is 0 Å². The number of hydrogen-bond acceptors (Lipinski definition) is 0. The molecule has 0 unspecified atom stereocenters. The summed E-state index contributed by atoms with van der Waals surface area (Å²) in [6, 6.07) is 0. The summed E-state index contributed by atoms with van der Waals surface area (Å²) in [6.07, 6.45) is 10.6. The summed E-state index contributed by atoms with van der Waals surface area (Å²) in [5.41, 5.74) is 0.515. The zero-order chi connectivity index (χ0) is 10.6. The Kier molecular flexibility index (Phi) is 4.22. The Balaban J connectivity index is 2.44. The fraction of sp³-hybridized carbons (Fsp3) is 0.857. The molecule has 0 spiro atoms. The summed E-state index contributed by atoms with van der Waals surface area (Å²) in [5.74, 6) is 1.74. The molecule has 0 aromatic carbocycles. The van der Waals surface area contributed by atoms with E-state index in [1.54, 1.807) is 0 Å². The van der Waals surface area contributed by atoms with Crippen molar-refractivity contribution in [1.29, 1.82) is 0 Å². The first-order valence-corrected chi connectivity index (χ1v) is 6.16. The Morgan fingerprint density at radius 3 is 1.86 bits per heavy atom. The van der Waals surface area contributed by atoms with Gasteiger partial charge in [-0.3, -0.25) is 0 Å². The standard InChI is InChI=1S/C14H26/c1-5-12-8-6-10-13(11-7-9-12)14(2,3)4/h5,12-13H,1,6-11H2,2-4H3. The highest BCUT2D eigenvalue weighted by atomic mass is 14.3. The van der Waals surface area contributed by atoms with E-state index in [1.165, 1.54) is 38.5 Å². The number of allylic oxidation sites excluding steroid dienone is 1. The van der Waals surface area contributed by atoms with E-state index in [2.05, 4.69) is 33.4 Å². The van der Waals surface area contributed by atoms with Gasteiger partial charge in [-0.05, 0) is 42.9 Å². The van der Waals surface area contributed by atoms with Gasteiger partial charge in [0.2, 0.25) is 0 Å². The maximum atomic E-state index is 3.92. The van der Waals surface area contributed by atoms with Crippen LogP contribution < -0.4 is 0 Å². The van der Waals surface area contributed by atoms with Crippen LogP contribution in [0.25, 0.3) is 0 Å². The molecule has 14 heavy (non-hydrogen) atoms. The Bertz CT molecular complexity index is 163. The molecule has 0 heteroatoms. The normalized spacial score (nSPS) is 30.5. The highest BCUT2D eigenvalue weighted by Gasteiger charge is 2.25. The molecular weight excluding hydrogens is 168 g/mol. The van der Waals surface area contributed by atoms with Gasteiger partial charge in [-0.2, -0.15) is 0 Å². The minimum atomic E-state index is 0.515. The molecule has 0 bridgehead atoms. The second-order valence-electron chi connectivity index (χ2n) is 5.92. The molecule has 0 heterocycles. The van der Waals surface area contributed by atoms with Crippen LogP contribution in [0.3, 0.4) is 0 Å². The van der Waals surface area contributed by atoms with Crippen molar-refractivity contribution in [2.45, 2.75) is 59.3 Å². The molecule has 0 N–H and O–H groups in total. The van der Waals surface area contributed by atoms with Gasteiger partial charge in [0.15, 0.2) is 0 Å². The molecule has 0 aliphatic heterocycles. The van der Waals surface area contributed by atoms with Crippen LogP contribution in [0.1, 0.15) is 59.3 Å². The van der Waals surface area contributed by atoms with Crippen LogP contribution in [0, 0.1) is 17.3 Å². The lowest BCUT2D eigenvalue weighted by molar-refractivity contribution is 0.187. The molecule has 1 aliphatic rings. The third kappa shape index (κ3) is 3.48. The van der Waals surface area contributed by atoms with Crippen LogP contribution in [-0.2, 0) is 0 Å². The van der Waals surface area contributed by atoms with E-state index < -0.39 is 0 Å². The van der Waals surface area contributed by atoms with Gasteiger partial charge in [0.25, 0.3) is 0 Å². The third-order valence-electron chi connectivity index (χ3n) is 3.81. The predicted octanol–water partition coefficient (Wildman–Crippen LogP) is 4.81. The quantitative estimate of drug-likeness (QED) is 0.526. The van der Waals surface area contributed by atoms with Crippen molar-refractivity contribution in [2.75, 3.05) is 0 Å². The van der Waals surface area contributed by atoms with Crippen LogP contribution in [0.15, 0.2) is 12.7 Å². The maximum Gasteiger partial charge on any atom is -0.0236 e. The second-order valence-corrected chi connectivity index (χ2v) is 5.92. The molecule has 0 nitrogen and oxygen atoms in total. The average molecular weight is 194 g/mol. The molecule has 1 fully saturated rings. The first kappa shape index (κ1) is 11.8. The zero-order valence-corrected chi connectivity index (χ0v) is 10.2. The summed E-state index contributed by atoms with van der Waals surface area (Å²) < 4.78 is 0. The Hall–Kier alpha value is -0.260. The van der Waals surface area contributed by atoms with E-state index in [-0.39, 0.29) is 0 Å². The highest BCUT2D eigenvalue weighted by molar-refractivity contribution is 4.83. The topological polar surface area (TPSA) is 0 Å². The molecule has 1 aliphatic carbocycles. The maximum absolute atomic E-state index is 3.92. The molecule has 1 rings (SSSR count). The van der Waals surface area contributed by atoms with Crippen molar-refractivity contribution in [3.63, 3.8) is 0 Å². The van der Waals surface area contributed by atoms with Crippen molar-refractivity contribution in [2.24, 2.45) is 17.3 Å². The Morgan fingerprint density at radius 2 is 1.50 bits per heavy atom. The largest absolute Gasteiger partial charge is 0.103 e. The monoisotopic (exact) mass is 194 g/mol. The fourth-order valence-corrected chi connectivity index (χ4v) is 2.64. The van der Waals surface area contributed by atoms with Gasteiger partial charge in [-0.25, -0.2) is 0 Å². The van der Waals surface area contributed by atoms with E-state index in [0.717, 1.165) is 11.8 Å². The van der Waals surface area contributed by atoms with E-state index in [0.29, 0.717) is 5.41 Å². The van der Waals surface area contributed by atoms with E-state index >= 15 is 0 Å². The van der Waals surface area contributed by atoms with Gasteiger partial charge in [0.05, 0.1) is 0 Å². The minimum absolute atomic E-state index is 0.515. The first-order valence-electron chi connectivity index (χ1n) is 6.16. The molecule has 1 saturated carbocycles. The van der Waals surface area contributed by atoms with Gasteiger partial charge in [-0.1, -0.05) is 39.7 Å². The van der Waals surface area contributed by atoms with Crippen LogP contribution >= 0.6 is 0 Å². The lowest BCUT2D eigenvalue weighted by Gasteiger charge is -2.33. The lowest BCUT2D eigenvalue weighted by atomic mass is 9.73. The molecule has 82 valence electrons. The molecule has 0 atom stereocenters. The molecule has 0 aromatic rings. The molecular formula is C14H26. The SMILES string of the molecule is C=CC1CCCC(C(C)(C)C)CCC1. The number of hydrogen-bond donors (Lipinski definition) is 0. The third-order valence-corrected chi connectivity index (χ3v) is 3.81. The second kappa shape index (κ2) is 5.00. The predicted molar refractivity (Wildman–Crippen MR) is 64.3 cm³/mol. The van der Waals surface area contributed by atoms with Crippen LogP contribution in [-0.4, -0.2) is 0 Å². The lowest BCUT2D eigenvalue weighted by Crippen LogP contribution is -2.22. The van der Waals surface area contributed by atoms with Crippen LogP contribution in [0.2, 0.25) is 0 Å². The number of rotatable bonds is 1. The molecule has 0 radical (unpaired) electrons. The van der Waals surface area contributed by atoms with E-state index in [4.69, 9.17) is 0 Å². The van der Waals surface area contributed by atoms with Crippen molar-refractivity contribution in [3.05, 3.63) is 12.7 Å². The Labute approximate surface area is 89.8 Å². The van der Waals surface area contributed by atoms with E-state index in [1.807, 2.05) is 0 Å². The smallest absolute Gasteiger partial charge is 0.0236 e. The zero-order valence-electron chi connectivity index (χ0n) is 10.2. The van der Waals surface area contributed by atoms with Crippen molar-refractivity contribution in [3.8, 4) is 0 Å². The minimum Gasteiger partial charge on any atom is -0.103 e. The van der Waals surface area contributed by atoms with Gasteiger partial charge in [-0.15, -0.1) is 6.58 Å². The summed E-state index contributed by atoms with van der Waals surface area (Å²) in [7, 11) is 0. The first-order chi connectivity index (χ1) is 6.54. The van der Waals surface area contributed by atoms with Gasteiger partial charge < -0.3 is 0 Å². The van der Waals surface area contributed by atoms with Crippen molar-refractivity contribution < 1.29 is 0 Å². The van der Waals surface area contributed by atoms with Crippen molar-refractivity contribution >= 4 is 0 Å². The van der Waals surface area contributed by atoms with Gasteiger partial charge >= 0.3 is 0 Å². The van der Waals surface area contributed by atoms with E-state index in [9.17, 15) is 0 Å². The molecule has 0 amide bonds. The summed E-state index contributed by atoms with van der Waals surface area (Å²) in [4.78, 5) is 0. The average Bonchev–Trinajstić information content (AvgIpc) is 2.01. The summed E-state index contributed by atoms with van der Waals surface area (Å²) in [6.45, 7) is 11.1. The van der Waals surface area contributed by atoms with Gasteiger partial charge in [0, 0.05) is 0 Å². The van der Waals surface area contributed by atoms with Crippen LogP contribution in [0.5, 0.6) is 0 Å². The van der Waals surface area contributed by atoms with Crippen molar-refractivity contribution in [1.82, 2.24) is 0 Å². The summed E-state index contributed by atoms with van der Waals surface area (Å²) >= 11 is 0. The highest BCUT2D eigenvalue weighted by Crippen LogP contribution is 2.37. The molecule has 0 aromatic heterocycles. The fourth-order valence-electron chi connectivity index (χ4n) is 2.64. The Morgan fingerprint density at radius 1 is 1.00 bits per heavy atom.